The van der Waals surface area contributed by atoms with Crippen LogP contribution in [0.15, 0.2) is 0 Å². The highest BCUT2D eigenvalue weighted by Gasteiger charge is 2.21. The maximum atomic E-state index is 12.2. The summed E-state index contributed by atoms with van der Waals surface area (Å²) in [5.74, 6) is 0.182. The smallest absolute Gasteiger partial charge is 0.224 e. The third kappa shape index (κ3) is 17.5. The highest BCUT2D eigenvalue weighted by molar-refractivity contribution is 5.76. The van der Waals surface area contributed by atoms with Gasteiger partial charge in [-0.1, -0.05) is 20.8 Å². The standard InChI is InChI=1S/C21H42N2O6.C2H6/c1-4-10-25-12-14-27-16-18-29-19-17-28-15-13-26-11-5-21(24)23-8-6-22(7-9-23)20(2)3;1-2/h20H,4-19H2,1-3H3;1-2H3. The Bertz CT molecular complexity index is 390. The molecule has 31 heavy (non-hydrogen) atoms. The van der Waals surface area contributed by atoms with E-state index in [1.165, 1.54) is 0 Å². The van der Waals surface area contributed by atoms with Gasteiger partial charge in [0.2, 0.25) is 5.91 Å². The molecular weight excluding hydrogens is 400 g/mol. The fraction of sp³-hybridized carbons (Fsp3) is 0.957. The van der Waals surface area contributed by atoms with E-state index in [1.54, 1.807) is 0 Å². The first-order valence-corrected chi connectivity index (χ1v) is 12.1. The van der Waals surface area contributed by atoms with Crippen molar-refractivity contribution >= 4 is 5.91 Å². The molecule has 1 aliphatic heterocycles. The van der Waals surface area contributed by atoms with Crippen LogP contribution in [-0.2, 0) is 28.5 Å². The highest BCUT2D eigenvalue weighted by Crippen LogP contribution is 2.07. The number of carbonyl (C=O) groups is 1. The quantitative estimate of drug-likeness (QED) is 0.298. The Balaban J connectivity index is 0.00000436. The molecule has 1 heterocycles. The lowest BCUT2D eigenvalue weighted by molar-refractivity contribution is -0.134. The monoisotopic (exact) mass is 448 g/mol. The second-order valence-electron chi connectivity index (χ2n) is 7.32. The molecule has 0 unspecified atom stereocenters. The Morgan fingerprint density at radius 1 is 0.677 bits per heavy atom. The van der Waals surface area contributed by atoms with Crippen molar-refractivity contribution in [1.82, 2.24) is 9.80 Å². The molecule has 1 saturated heterocycles. The number of ether oxygens (including phenoxy) is 5. The summed E-state index contributed by atoms with van der Waals surface area (Å²) in [4.78, 5) is 16.5. The first-order valence-electron chi connectivity index (χ1n) is 12.1. The molecule has 0 N–H and O–H groups in total. The highest BCUT2D eigenvalue weighted by atomic mass is 16.6. The largest absolute Gasteiger partial charge is 0.379 e. The topological polar surface area (TPSA) is 69.7 Å². The van der Waals surface area contributed by atoms with Crippen molar-refractivity contribution in [3.63, 3.8) is 0 Å². The van der Waals surface area contributed by atoms with E-state index < -0.39 is 0 Å². The van der Waals surface area contributed by atoms with Gasteiger partial charge in [0.25, 0.3) is 0 Å². The minimum atomic E-state index is 0.182. The fourth-order valence-electron chi connectivity index (χ4n) is 2.93. The number of piperazine rings is 1. The molecule has 0 aromatic carbocycles. The second-order valence-corrected chi connectivity index (χ2v) is 7.32. The molecule has 0 spiro atoms. The van der Waals surface area contributed by atoms with Crippen molar-refractivity contribution in [2.24, 2.45) is 0 Å². The summed E-state index contributed by atoms with van der Waals surface area (Å²) >= 11 is 0. The van der Waals surface area contributed by atoms with Gasteiger partial charge >= 0.3 is 0 Å². The van der Waals surface area contributed by atoms with Crippen molar-refractivity contribution in [3.8, 4) is 0 Å². The van der Waals surface area contributed by atoms with Gasteiger partial charge in [-0.05, 0) is 20.3 Å². The molecule has 1 aliphatic rings. The summed E-state index contributed by atoms with van der Waals surface area (Å²) in [6, 6.07) is 0.546. The van der Waals surface area contributed by atoms with E-state index in [2.05, 4.69) is 25.7 Å². The second kappa shape index (κ2) is 22.4. The Morgan fingerprint density at radius 3 is 1.45 bits per heavy atom. The summed E-state index contributed by atoms with van der Waals surface area (Å²) in [5.41, 5.74) is 0. The average Bonchev–Trinajstić information content (AvgIpc) is 2.80. The molecule has 1 amide bonds. The summed E-state index contributed by atoms with van der Waals surface area (Å²) in [7, 11) is 0. The van der Waals surface area contributed by atoms with E-state index in [4.69, 9.17) is 23.7 Å². The molecule has 0 atom stereocenters. The SMILES string of the molecule is CC.CCCOCCOCCOCCOCCOCCC(=O)N1CCN(C(C)C)CC1. The van der Waals surface area contributed by atoms with Crippen LogP contribution in [-0.4, -0.2) is 114 Å². The lowest BCUT2D eigenvalue weighted by Gasteiger charge is -2.37. The summed E-state index contributed by atoms with van der Waals surface area (Å²) in [5, 5.41) is 0. The summed E-state index contributed by atoms with van der Waals surface area (Å²) in [6.45, 7) is 19.7. The molecule has 0 radical (unpaired) electrons. The van der Waals surface area contributed by atoms with E-state index in [0.29, 0.717) is 71.9 Å². The van der Waals surface area contributed by atoms with Crippen LogP contribution >= 0.6 is 0 Å². The molecule has 0 saturated carbocycles. The van der Waals surface area contributed by atoms with Crippen LogP contribution < -0.4 is 0 Å². The maximum absolute atomic E-state index is 12.2. The Hall–Kier alpha value is -0.770. The van der Waals surface area contributed by atoms with Gasteiger partial charge in [0, 0.05) is 38.8 Å². The molecule has 0 aliphatic carbocycles. The van der Waals surface area contributed by atoms with Crippen LogP contribution in [0.1, 0.15) is 47.5 Å². The molecule has 8 heteroatoms. The van der Waals surface area contributed by atoms with E-state index in [9.17, 15) is 4.79 Å². The maximum Gasteiger partial charge on any atom is 0.224 e. The van der Waals surface area contributed by atoms with Gasteiger partial charge in [0.05, 0.1) is 65.9 Å². The normalized spacial score (nSPS) is 14.6. The van der Waals surface area contributed by atoms with Crippen LogP contribution in [0, 0.1) is 0 Å². The zero-order chi connectivity index (χ0) is 23.2. The van der Waals surface area contributed by atoms with Gasteiger partial charge in [-0.2, -0.15) is 0 Å². The van der Waals surface area contributed by atoms with Crippen molar-refractivity contribution in [2.75, 3.05) is 92.2 Å². The lowest BCUT2D eigenvalue weighted by Crippen LogP contribution is -2.50. The van der Waals surface area contributed by atoms with Crippen LogP contribution in [0.4, 0.5) is 0 Å². The minimum Gasteiger partial charge on any atom is -0.379 e. The van der Waals surface area contributed by atoms with E-state index in [-0.39, 0.29) is 5.91 Å². The van der Waals surface area contributed by atoms with Crippen molar-refractivity contribution < 1.29 is 28.5 Å². The Kier molecular flexibility index (Phi) is 21.9. The van der Waals surface area contributed by atoms with Gasteiger partial charge in [-0.25, -0.2) is 0 Å². The molecule has 8 nitrogen and oxygen atoms in total. The number of nitrogens with zero attached hydrogens (tertiary/aromatic N) is 2. The molecule has 1 fully saturated rings. The third-order valence-electron chi connectivity index (χ3n) is 4.69. The zero-order valence-corrected chi connectivity index (χ0v) is 20.7. The van der Waals surface area contributed by atoms with E-state index in [1.807, 2.05) is 18.7 Å². The Morgan fingerprint density at radius 2 is 1.06 bits per heavy atom. The average molecular weight is 449 g/mol. The van der Waals surface area contributed by atoms with Crippen molar-refractivity contribution in [2.45, 2.75) is 53.5 Å². The minimum absolute atomic E-state index is 0.182. The number of hydrogen-bond donors (Lipinski definition) is 0. The first kappa shape index (κ1) is 30.2. The predicted molar refractivity (Wildman–Crippen MR) is 124 cm³/mol. The molecule has 0 bridgehead atoms. The van der Waals surface area contributed by atoms with E-state index >= 15 is 0 Å². The summed E-state index contributed by atoms with van der Waals surface area (Å²) in [6.07, 6.45) is 1.47. The third-order valence-corrected chi connectivity index (χ3v) is 4.69. The van der Waals surface area contributed by atoms with Crippen LogP contribution in [0.2, 0.25) is 0 Å². The van der Waals surface area contributed by atoms with Crippen molar-refractivity contribution in [1.29, 1.82) is 0 Å². The van der Waals surface area contributed by atoms with Gasteiger partial charge in [-0.3, -0.25) is 9.69 Å². The van der Waals surface area contributed by atoms with Crippen LogP contribution in [0.3, 0.4) is 0 Å². The van der Waals surface area contributed by atoms with Gasteiger partial charge in [-0.15, -0.1) is 0 Å². The molecule has 0 aromatic heterocycles. The lowest BCUT2D eigenvalue weighted by atomic mass is 10.2. The van der Waals surface area contributed by atoms with Crippen molar-refractivity contribution in [3.05, 3.63) is 0 Å². The Labute approximate surface area is 190 Å². The van der Waals surface area contributed by atoms with Gasteiger partial charge < -0.3 is 28.6 Å². The number of hydrogen-bond acceptors (Lipinski definition) is 7. The first-order chi connectivity index (χ1) is 15.1. The molecular formula is C23H48N2O6. The van der Waals surface area contributed by atoms with E-state index in [0.717, 1.165) is 39.2 Å². The molecule has 1 rings (SSSR count). The number of carbonyl (C=O) groups excluding carboxylic acids is 1. The molecule has 0 aromatic rings. The van der Waals surface area contributed by atoms with Gasteiger partial charge in [0.1, 0.15) is 0 Å². The zero-order valence-electron chi connectivity index (χ0n) is 20.7. The van der Waals surface area contributed by atoms with Crippen LogP contribution in [0.5, 0.6) is 0 Å². The van der Waals surface area contributed by atoms with Gasteiger partial charge in [0.15, 0.2) is 0 Å². The number of rotatable bonds is 18. The summed E-state index contributed by atoms with van der Waals surface area (Å²) < 4.78 is 27.1. The predicted octanol–water partition coefficient (Wildman–Crippen LogP) is 2.45. The van der Waals surface area contributed by atoms with Crippen LogP contribution in [0.25, 0.3) is 0 Å². The number of amides is 1. The fourth-order valence-corrected chi connectivity index (χ4v) is 2.93. The molecule has 186 valence electrons.